The molecule has 0 saturated carbocycles. The van der Waals surface area contributed by atoms with Crippen LogP contribution in [0, 0.1) is 0 Å². The second kappa shape index (κ2) is 11.4. The summed E-state index contributed by atoms with van der Waals surface area (Å²) in [5.74, 6) is 1.60. The van der Waals surface area contributed by atoms with Crippen molar-refractivity contribution < 1.29 is 19.1 Å². The van der Waals surface area contributed by atoms with Crippen molar-refractivity contribution in [2.45, 2.75) is 56.6 Å². The molecule has 1 aliphatic rings. The molecule has 7 nitrogen and oxygen atoms in total. The maximum atomic E-state index is 12.6. The zero-order chi connectivity index (χ0) is 22.1. The van der Waals surface area contributed by atoms with Crippen LogP contribution in [-0.2, 0) is 9.53 Å². The van der Waals surface area contributed by atoms with Crippen molar-refractivity contribution in [1.82, 2.24) is 15.5 Å². The third-order valence-corrected chi connectivity index (χ3v) is 5.67. The predicted molar refractivity (Wildman–Crippen MR) is 123 cm³/mol. The van der Waals surface area contributed by atoms with Crippen molar-refractivity contribution in [2.24, 2.45) is 0 Å². The Bertz CT molecular complexity index is 735. The van der Waals surface area contributed by atoms with E-state index in [9.17, 15) is 9.59 Å². The first-order valence-corrected chi connectivity index (χ1v) is 11.4. The van der Waals surface area contributed by atoms with Crippen molar-refractivity contribution in [1.29, 1.82) is 0 Å². The number of thiocarbonyl (C=S) groups is 1. The molecule has 0 bridgehead atoms. The molecular weight excluding hydrogens is 422 g/mol. The Morgan fingerprint density at radius 2 is 1.97 bits per heavy atom. The molecule has 30 heavy (non-hydrogen) atoms. The summed E-state index contributed by atoms with van der Waals surface area (Å²) < 4.78 is 10.4. The lowest BCUT2D eigenvalue weighted by Crippen LogP contribution is -2.34. The third-order valence-electron chi connectivity index (χ3n) is 4.34. The van der Waals surface area contributed by atoms with Crippen LogP contribution < -0.4 is 15.4 Å². The van der Waals surface area contributed by atoms with E-state index in [0.717, 1.165) is 29.2 Å². The summed E-state index contributed by atoms with van der Waals surface area (Å²) in [6, 6.07) is 7.55. The highest BCUT2D eigenvalue weighted by molar-refractivity contribution is 7.99. The van der Waals surface area contributed by atoms with E-state index in [4.69, 9.17) is 21.7 Å². The Labute approximate surface area is 188 Å². The molecule has 9 heteroatoms. The summed E-state index contributed by atoms with van der Waals surface area (Å²) in [5.41, 5.74) is -0.505. The number of rotatable bonds is 10. The molecule has 1 fully saturated rings. The minimum atomic E-state index is -0.505. The van der Waals surface area contributed by atoms with Crippen LogP contribution in [0.5, 0.6) is 5.75 Å². The fourth-order valence-electron chi connectivity index (χ4n) is 2.89. The molecule has 1 aromatic rings. The van der Waals surface area contributed by atoms with Crippen molar-refractivity contribution >= 4 is 41.1 Å². The van der Waals surface area contributed by atoms with Crippen molar-refractivity contribution in [2.75, 3.05) is 26.0 Å². The number of benzene rings is 1. The zero-order valence-corrected chi connectivity index (χ0v) is 19.7. The average molecular weight is 454 g/mol. The van der Waals surface area contributed by atoms with Gasteiger partial charge in [-0.2, -0.15) is 0 Å². The molecule has 0 spiro atoms. The molecule has 166 valence electrons. The van der Waals surface area contributed by atoms with E-state index in [2.05, 4.69) is 10.6 Å². The van der Waals surface area contributed by atoms with Gasteiger partial charge in [0.15, 0.2) is 5.11 Å². The molecule has 1 aliphatic heterocycles. The molecule has 0 aromatic heterocycles. The molecule has 2 N–H and O–H groups in total. The average Bonchev–Trinajstić information content (AvgIpc) is 2.94. The Morgan fingerprint density at radius 3 is 2.60 bits per heavy atom. The normalized spacial score (nSPS) is 16.4. The number of hydrogen-bond donors (Lipinski definition) is 2. The minimum absolute atomic E-state index is 0.0235. The number of hydrogen-bond acceptors (Lipinski definition) is 6. The Morgan fingerprint density at radius 1 is 1.27 bits per heavy atom. The molecule has 1 atom stereocenters. The summed E-state index contributed by atoms with van der Waals surface area (Å²) in [4.78, 5) is 27.0. The summed E-state index contributed by atoms with van der Waals surface area (Å²) in [6.07, 6.45) is 1.83. The van der Waals surface area contributed by atoms with Gasteiger partial charge >= 0.3 is 6.09 Å². The summed E-state index contributed by atoms with van der Waals surface area (Å²) in [5, 5.41) is 6.34. The highest BCUT2D eigenvalue weighted by Crippen LogP contribution is 2.22. The first-order chi connectivity index (χ1) is 14.2. The standard InChI is InChI=1S/C21H31N3O4S2/c1-21(2,3)28-20(26)22-12-6-5-7-17-18(25)24(19(29)23-17)13-14-30-16-10-8-15(27-4)9-11-16/h8-11,17H,5-7,12-14H2,1-4H3,(H,22,26)(H,23,29). The maximum Gasteiger partial charge on any atom is 0.407 e. The number of methoxy groups -OCH3 is 1. The Hall–Kier alpha value is -2.00. The van der Waals surface area contributed by atoms with Gasteiger partial charge in [-0.15, -0.1) is 11.8 Å². The molecule has 2 amide bonds. The summed E-state index contributed by atoms with van der Waals surface area (Å²) in [7, 11) is 1.64. The largest absolute Gasteiger partial charge is 0.497 e. The lowest BCUT2D eigenvalue weighted by molar-refractivity contribution is -0.127. The molecule has 1 saturated heterocycles. The maximum absolute atomic E-state index is 12.6. The van der Waals surface area contributed by atoms with Crippen LogP contribution in [0.1, 0.15) is 40.0 Å². The Balaban J connectivity index is 1.65. The van der Waals surface area contributed by atoms with Crippen LogP contribution in [0.3, 0.4) is 0 Å². The molecule has 1 aromatic carbocycles. The zero-order valence-electron chi connectivity index (χ0n) is 18.0. The third kappa shape index (κ3) is 8.02. The van der Waals surface area contributed by atoms with Gasteiger partial charge in [-0.05, 0) is 76.5 Å². The van der Waals surface area contributed by atoms with Crippen LogP contribution in [0.4, 0.5) is 4.79 Å². The number of alkyl carbamates (subject to hydrolysis) is 1. The van der Waals surface area contributed by atoms with E-state index < -0.39 is 11.7 Å². The van der Waals surface area contributed by atoms with Gasteiger partial charge in [-0.3, -0.25) is 9.69 Å². The van der Waals surface area contributed by atoms with E-state index >= 15 is 0 Å². The van der Waals surface area contributed by atoms with Gasteiger partial charge in [-0.25, -0.2) is 4.79 Å². The van der Waals surface area contributed by atoms with Crippen LogP contribution in [0.15, 0.2) is 29.2 Å². The first kappa shape index (κ1) is 24.3. The number of unbranched alkanes of at least 4 members (excludes halogenated alkanes) is 1. The highest BCUT2D eigenvalue weighted by Gasteiger charge is 2.34. The molecule has 0 aliphatic carbocycles. The predicted octanol–water partition coefficient (Wildman–Crippen LogP) is 3.57. The molecule has 1 heterocycles. The van der Waals surface area contributed by atoms with Gasteiger partial charge in [0.25, 0.3) is 5.91 Å². The van der Waals surface area contributed by atoms with Crippen LogP contribution in [0.25, 0.3) is 0 Å². The van der Waals surface area contributed by atoms with Crippen molar-refractivity contribution in [3.05, 3.63) is 24.3 Å². The van der Waals surface area contributed by atoms with E-state index in [1.165, 1.54) is 0 Å². The van der Waals surface area contributed by atoms with Gasteiger partial charge in [0.2, 0.25) is 0 Å². The summed E-state index contributed by atoms with van der Waals surface area (Å²) >= 11 is 7.01. The number of ether oxygens (including phenoxy) is 2. The number of amides is 2. The second-order valence-corrected chi connectivity index (χ2v) is 9.50. The van der Waals surface area contributed by atoms with Gasteiger partial charge in [0.1, 0.15) is 17.4 Å². The SMILES string of the molecule is COc1ccc(SCCN2C(=O)C(CCCCNC(=O)OC(C)(C)C)NC2=S)cc1. The number of carbonyl (C=O) groups is 2. The lowest BCUT2D eigenvalue weighted by atomic mass is 10.1. The number of nitrogens with one attached hydrogen (secondary N) is 2. The van der Waals surface area contributed by atoms with Crippen LogP contribution in [-0.4, -0.2) is 59.6 Å². The van der Waals surface area contributed by atoms with Gasteiger partial charge < -0.3 is 20.1 Å². The molecule has 1 unspecified atom stereocenters. The van der Waals surface area contributed by atoms with Gasteiger partial charge in [-0.1, -0.05) is 0 Å². The van der Waals surface area contributed by atoms with Crippen LogP contribution >= 0.6 is 24.0 Å². The topological polar surface area (TPSA) is 79.9 Å². The first-order valence-electron chi connectivity index (χ1n) is 10.0. The minimum Gasteiger partial charge on any atom is -0.497 e. The van der Waals surface area contributed by atoms with Crippen molar-refractivity contribution in [3.8, 4) is 5.75 Å². The number of carbonyl (C=O) groups excluding carboxylic acids is 2. The van der Waals surface area contributed by atoms with Gasteiger partial charge in [0.05, 0.1) is 7.11 Å². The Kier molecular flexibility index (Phi) is 9.23. The van der Waals surface area contributed by atoms with E-state index in [0.29, 0.717) is 24.6 Å². The molecular formula is C21H31N3O4S2. The quantitative estimate of drug-likeness (QED) is 0.318. The number of thioether (sulfide) groups is 1. The van der Waals surface area contributed by atoms with Crippen molar-refractivity contribution in [3.63, 3.8) is 0 Å². The lowest BCUT2D eigenvalue weighted by Gasteiger charge is -2.19. The fraction of sp³-hybridized carbons (Fsp3) is 0.571. The highest BCUT2D eigenvalue weighted by atomic mass is 32.2. The van der Waals surface area contributed by atoms with E-state index in [1.807, 2.05) is 45.0 Å². The van der Waals surface area contributed by atoms with Crippen LogP contribution in [0.2, 0.25) is 0 Å². The van der Waals surface area contributed by atoms with Gasteiger partial charge in [0, 0.05) is 23.7 Å². The fourth-order valence-corrected chi connectivity index (χ4v) is 4.05. The molecule has 0 radical (unpaired) electrons. The summed E-state index contributed by atoms with van der Waals surface area (Å²) in [6.45, 7) is 6.57. The smallest absolute Gasteiger partial charge is 0.407 e. The number of nitrogens with zero attached hydrogens (tertiary/aromatic N) is 1. The van der Waals surface area contributed by atoms with E-state index in [1.54, 1.807) is 23.8 Å². The second-order valence-electron chi connectivity index (χ2n) is 7.94. The molecule has 2 rings (SSSR count). The van der Waals surface area contributed by atoms with E-state index in [-0.39, 0.29) is 11.9 Å². The monoisotopic (exact) mass is 453 g/mol.